The normalized spacial score (nSPS) is 13.6. The van der Waals surface area contributed by atoms with Gasteiger partial charge in [-0.3, -0.25) is 9.59 Å². The van der Waals surface area contributed by atoms with Gasteiger partial charge in [-0.15, -0.1) is 0 Å². The fourth-order valence-electron chi connectivity index (χ4n) is 2.68. The van der Waals surface area contributed by atoms with E-state index in [1.54, 1.807) is 42.1 Å². The molecule has 0 atom stereocenters. The lowest BCUT2D eigenvalue weighted by molar-refractivity contribution is -0.119. The average Bonchev–Trinajstić information content (AvgIpc) is 3.36. The van der Waals surface area contributed by atoms with Gasteiger partial charge >= 0.3 is 0 Å². The number of nitrogens with zero attached hydrogens (tertiary/aromatic N) is 3. The molecule has 3 rings (SSSR count). The number of aryl methyl sites for hydroxylation is 1. The van der Waals surface area contributed by atoms with Crippen LogP contribution < -0.4 is 4.90 Å². The Hall–Kier alpha value is -2.63. The Kier molecular flexibility index (Phi) is 4.38. The average molecular weight is 327 g/mol. The summed E-state index contributed by atoms with van der Waals surface area (Å²) in [7, 11) is 3.44. The van der Waals surface area contributed by atoms with Crippen molar-refractivity contribution in [3.05, 3.63) is 47.3 Å². The second-order valence-corrected chi connectivity index (χ2v) is 6.28. The molecule has 1 saturated carbocycles. The molecule has 0 saturated heterocycles. The van der Waals surface area contributed by atoms with Gasteiger partial charge in [-0.1, -0.05) is 17.3 Å². The maximum absolute atomic E-state index is 12.8. The van der Waals surface area contributed by atoms with Crippen LogP contribution in [0.4, 0.5) is 5.69 Å². The second kappa shape index (κ2) is 6.47. The van der Waals surface area contributed by atoms with Gasteiger partial charge in [0.2, 0.25) is 5.91 Å². The van der Waals surface area contributed by atoms with E-state index in [4.69, 9.17) is 4.52 Å². The van der Waals surface area contributed by atoms with Crippen LogP contribution in [0.15, 0.2) is 34.9 Å². The quantitative estimate of drug-likeness (QED) is 0.847. The third-order valence-electron chi connectivity index (χ3n) is 4.18. The number of rotatable bonds is 5. The number of benzene rings is 1. The van der Waals surface area contributed by atoms with Gasteiger partial charge in [-0.2, -0.15) is 0 Å². The van der Waals surface area contributed by atoms with Crippen LogP contribution in [0, 0.1) is 12.8 Å². The summed E-state index contributed by atoms with van der Waals surface area (Å²) >= 11 is 0. The Morgan fingerprint density at radius 1 is 1.25 bits per heavy atom. The highest BCUT2D eigenvalue weighted by Gasteiger charge is 2.33. The van der Waals surface area contributed by atoms with Crippen molar-refractivity contribution >= 4 is 17.5 Å². The Morgan fingerprint density at radius 3 is 2.58 bits per heavy atom. The SMILES string of the molecule is Cc1cc(CN(C)C(=O)c2ccccc2N(C)C(=O)C2CC2)no1. The van der Waals surface area contributed by atoms with Crippen molar-refractivity contribution in [3.63, 3.8) is 0 Å². The van der Waals surface area contributed by atoms with Crippen LogP contribution in [0.2, 0.25) is 0 Å². The summed E-state index contributed by atoms with van der Waals surface area (Å²) in [5.41, 5.74) is 1.85. The molecular formula is C18H21N3O3. The van der Waals surface area contributed by atoms with Crippen LogP contribution in [0.3, 0.4) is 0 Å². The molecule has 24 heavy (non-hydrogen) atoms. The predicted molar refractivity (Wildman–Crippen MR) is 89.6 cm³/mol. The lowest BCUT2D eigenvalue weighted by Crippen LogP contribution is -2.32. The molecule has 2 amide bonds. The molecule has 0 spiro atoms. The van der Waals surface area contributed by atoms with Crippen molar-refractivity contribution in [2.45, 2.75) is 26.3 Å². The highest BCUT2D eigenvalue weighted by atomic mass is 16.5. The number of hydrogen-bond donors (Lipinski definition) is 0. The molecule has 0 unspecified atom stereocenters. The summed E-state index contributed by atoms with van der Waals surface area (Å²) < 4.78 is 5.04. The molecule has 1 aliphatic rings. The number of carbonyl (C=O) groups excluding carboxylic acids is 2. The van der Waals surface area contributed by atoms with Crippen molar-refractivity contribution in [3.8, 4) is 0 Å². The second-order valence-electron chi connectivity index (χ2n) is 6.28. The first-order valence-corrected chi connectivity index (χ1v) is 8.01. The van der Waals surface area contributed by atoms with Crippen molar-refractivity contribution in [1.82, 2.24) is 10.1 Å². The van der Waals surface area contributed by atoms with Crippen LogP contribution in [-0.4, -0.2) is 36.0 Å². The van der Waals surface area contributed by atoms with Crippen LogP contribution >= 0.6 is 0 Å². The van der Waals surface area contributed by atoms with Gasteiger partial charge in [0.1, 0.15) is 11.5 Å². The fourth-order valence-corrected chi connectivity index (χ4v) is 2.68. The topological polar surface area (TPSA) is 66.7 Å². The number of para-hydroxylation sites is 1. The summed E-state index contributed by atoms with van der Waals surface area (Å²) in [6, 6.07) is 9.00. The van der Waals surface area contributed by atoms with Crippen molar-refractivity contribution in [2.75, 3.05) is 19.0 Å². The van der Waals surface area contributed by atoms with E-state index in [0.29, 0.717) is 29.2 Å². The molecule has 1 aliphatic carbocycles. The van der Waals surface area contributed by atoms with Crippen LogP contribution in [0.1, 0.15) is 34.7 Å². The van der Waals surface area contributed by atoms with Crippen molar-refractivity contribution in [1.29, 1.82) is 0 Å². The predicted octanol–water partition coefficient (Wildman–Crippen LogP) is 2.63. The molecule has 126 valence electrons. The summed E-state index contributed by atoms with van der Waals surface area (Å²) in [6.45, 7) is 2.16. The zero-order chi connectivity index (χ0) is 17.3. The first-order chi connectivity index (χ1) is 11.5. The lowest BCUT2D eigenvalue weighted by atomic mass is 10.1. The van der Waals surface area contributed by atoms with E-state index in [0.717, 1.165) is 12.8 Å². The van der Waals surface area contributed by atoms with Gasteiger partial charge in [-0.25, -0.2) is 0 Å². The minimum atomic E-state index is -0.151. The molecule has 1 aromatic carbocycles. The molecule has 6 nitrogen and oxygen atoms in total. The molecule has 0 N–H and O–H groups in total. The number of hydrogen-bond acceptors (Lipinski definition) is 4. The van der Waals surface area contributed by atoms with Gasteiger partial charge in [-0.05, 0) is 31.9 Å². The highest BCUT2D eigenvalue weighted by molar-refractivity contribution is 6.05. The maximum Gasteiger partial charge on any atom is 0.256 e. The summed E-state index contributed by atoms with van der Waals surface area (Å²) in [5, 5.41) is 3.92. The first-order valence-electron chi connectivity index (χ1n) is 8.01. The maximum atomic E-state index is 12.8. The summed E-state index contributed by atoms with van der Waals surface area (Å²) in [6.07, 6.45) is 1.87. The third kappa shape index (κ3) is 3.32. The molecule has 1 fully saturated rings. The molecule has 6 heteroatoms. The third-order valence-corrected chi connectivity index (χ3v) is 4.18. The van der Waals surface area contributed by atoms with E-state index in [1.807, 2.05) is 19.1 Å². The van der Waals surface area contributed by atoms with Gasteiger partial charge < -0.3 is 14.3 Å². The van der Waals surface area contributed by atoms with Crippen LogP contribution in [0.25, 0.3) is 0 Å². The van der Waals surface area contributed by atoms with E-state index >= 15 is 0 Å². The van der Waals surface area contributed by atoms with Crippen molar-refractivity contribution < 1.29 is 14.1 Å². The molecule has 1 aromatic heterocycles. The zero-order valence-corrected chi connectivity index (χ0v) is 14.2. The number of anilines is 1. The summed E-state index contributed by atoms with van der Waals surface area (Å²) in [4.78, 5) is 28.3. The van der Waals surface area contributed by atoms with Gasteiger partial charge in [0.25, 0.3) is 5.91 Å². The van der Waals surface area contributed by atoms with E-state index < -0.39 is 0 Å². The number of carbonyl (C=O) groups is 2. The Labute approximate surface area is 141 Å². The fraction of sp³-hybridized carbons (Fsp3) is 0.389. The monoisotopic (exact) mass is 327 g/mol. The minimum Gasteiger partial charge on any atom is -0.361 e. The number of aromatic nitrogens is 1. The Morgan fingerprint density at radius 2 is 1.96 bits per heavy atom. The van der Waals surface area contributed by atoms with E-state index in [9.17, 15) is 9.59 Å². The molecule has 0 aliphatic heterocycles. The lowest BCUT2D eigenvalue weighted by Gasteiger charge is -2.23. The smallest absolute Gasteiger partial charge is 0.256 e. The van der Waals surface area contributed by atoms with Crippen LogP contribution in [0.5, 0.6) is 0 Å². The molecule has 2 aromatic rings. The van der Waals surface area contributed by atoms with Gasteiger partial charge in [0, 0.05) is 26.1 Å². The van der Waals surface area contributed by atoms with Gasteiger partial charge in [0.05, 0.1) is 17.8 Å². The summed E-state index contributed by atoms with van der Waals surface area (Å²) in [5.74, 6) is 0.738. The highest BCUT2D eigenvalue weighted by Crippen LogP contribution is 2.33. The van der Waals surface area contributed by atoms with Gasteiger partial charge in [0.15, 0.2) is 0 Å². The van der Waals surface area contributed by atoms with Crippen molar-refractivity contribution in [2.24, 2.45) is 5.92 Å². The standard InChI is InChI=1S/C18H21N3O3/c1-12-10-14(19-24-12)11-20(2)18(23)15-6-4-5-7-16(15)21(3)17(22)13-8-9-13/h4-7,10,13H,8-9,11H2,1-3H3. The molecular weight excluding hydrogens is 306 g/mol. The Balaban J connectivity index is 1.80. The minimum absolute atomic E-state index is 0.0741. The number of amides is 2. The first kappa shape index (κ1) is 16.2. The molecule has 0 radical (unpaired) electrons. The van der Waals surface area contributed by atoms with Crippen LogP contribution in [-0.2, 0) is 11.3 Å². The molecule has 0 bridgehead atoms. The van der Waals surface area contributed by atoms with E-state index in [-0.39, 0.29) is 17.7 Å². The van der Waals surface area contributed by atoms with E-state index in [1.165, 1.54) is 0 Å². The van der Waals surface area contributed by atoms with E-state index in [2.05, 4.69) is 5.16 Å². The zero-order valence-electron chi connectivity index (χ0n) is 14.2. The Bertz CT molecular complexity index is 764. The molecule has 1 heterocycles. The largest absolute Gasteiger partial charge is 0.361 e.